The quantitative estimate of drug-likeness (QED) is 0.349. The molecule has 6 nitrogen and oxygen atoms in total. The average molecular weight is 264 g/mol. The van der Waals surface area contributed by atoms with Gasteiger partial charge in [-0.25, -0.2) is 0 Å². The highest BCUT2D eigenvalue weighted by atomic mass is 16.4. The van der Waals surface area contributed by atoms with E-state index in [1.54, 1.807) is 17.3 Å². The molecular weight excluding hydrogens is 244 g/mol. The van der Waals surface area contributed by atoms with E-state index in [0.29, 0.717) is 19.5 Å². The minimum atomic E-state index is -0.577. The molecular formula is C13H20N4O2. The maximum absolute atomic E-state index is 12.3. The van der Waals surface area contributed by atoms with Crippen molar-refractivity contribution in [2.45, 2.75) is 26.8 Å². The number of hydrogen-bond donors (Lipinski definition) is 2. The first-order valence-electron chi connectivity index (χ1n) is 6.29. The SMILES string of the molecule is CCC(C(=O)N(CC)Cc1ccncc1)C(N)=NO. The van der Waals surface area contributed by atoms with Crippen LogP contribution in [0.15, 0.2) is 29.7 Å². The third-order valence-electron chi connectivity index (χ3n) is 3.00. The first-order valence-corrected chi connectivity index (χ1v) is 6.29. The van der Waals surface area contributed by atoms with Gasteiger partial charge in [0.25, 0.3) is 0 Å². The van der Waals surface area contributed by atoms with Crippen LogP contribution in [-0.4, -0.2) is 33.4 Å². The molecule has 0 aliphatic rings. The maximum atomic E-state index is 12.3. The van der Waals surface area contributed by atoms with Crippen LogP contribution in [0.2, 0.25) is 0 Å². The smallest absolute Gasteiger partial charge is 0.233 e. The van der Waals surface area contributed by atoms with E-state index in [-0.39, 0.29) is 11.7 Å². The number of nitrogens with zero attached hydrogens (tertiary/aromatic N) is 3. The van der Waals surface area contributed by atoms with Crippen LogP contribution in [0.1, 0.15) is 25.8 Å². The Kier molecular flexibility index (Phi) is 5.78. The summed E-state index contributed by atoms with van der Waals surface area (Å²) in [6, 6.07) is 3.72. The Morgan fingerprint density at radius 3 is 2.58 bits per heavy atom. The number of hydrogen-bond acceptors (Lipinski definition) is 4. The van der Waals surface area contributed by atoms with Gasteiger partial charge in [0.15, 0.2) is 5.84 Å². The summed E-state index contributed by atoms with van der Waals surface area (Å²) in [5.74, 6) is -0.746. The van der Waals surface area contributed by atoms with Gasteiger partial charge < -0.3 is 15.8 Å². The fourth-order valence-corrected chi connectivity index (χ4v) is 1.85. The Labute approximate surface area is 112 Å². The largest absolute Gasteiger partial charge is 0.409 e. The molecule has 0 aromatic carbocycles. The summed E-state index contributed by atoms with van der Waals surface area (Å²) in [6.45, 7) is 4.79. The Hall–Kier alpha value is -2.11. The molecule has 1 heterocycles. The number of nitrogens with two attached hydrogens (primary N) is 1. The summed E-state index contributed by atoms with van der Waals surface area (Å²) in [7, 11) is 0. The molecule has 0 aliphatic heterocycles. The Morgan fingerprint density at radius 2 is 2.11 bits per heavy atom. The third kappa shape index (κ3) is 3.94. The van der Waals surface area contributed by atoms with Crippen molar-refractivity contribution in [1.29, 1.82) is 0 Å². The van der Waals surface area contributed by atoms with Crippen molar-refractivity contribution in [2.75, 3.05) is 6.54 Å². The summed E-state index contributed by atoms with van der Waals surface area (Å²) in [5, 5.41) is 11.7. The molecule has 1 rings (SSSR count). The first-order chi connectivity index (χ1) is 9.13. The number of pyridine rings is 1. The second-order valence-corrected chi connectivity index (χ2v) is 4.19. The van der Waals surface area contributed by atoms with Gasteiger partial charge in [0, 0.05) is 25.5 Å². The number of amidine groups is 1. The summed E-state index contributed by atoms with van der Waals surface area (Å²) >= 11 is 0. The Balaban J connectivity index is 2.82. The highest BCUT2D eigenvalue weighted by Gasteiger charge is 2.25. The van der Waals surface area contributed by atoms with Crippen LogP contribution in [0, 0.1) is 5.92 Å². The molecule has 0 saturated heterocycles. The molecule has 1 amide bonds. The summed E-state index contributed by atoms with van der Waals surface area (Å²) in [5.41, 5.74) is 6.56. The molecule has 1 atom stereocenters. The van der Waals surface area contributed by atoms with E-state index in [9.17, 15) is 4.79 Å². The van der Waals surface area contributed by atoms with Gasteiger partial charge in [0.2, 0.25) is 5.91 Å². The number of oxime groups is 1. The second kappa shape index (κ2) is 7.35. The number of aromatic nitrogens is 1. The standard InChI is InChI=1S/C13H20N4O2/c1-3-11(12(14)16-19)13(18)17(4-2)9-10-5-7-15-8-6-10/h5-8,11,19H,3-4,9H2,1-2H3,(H2,14,16). The fourth-order valence-electron chi connectivity index (χ4n) is 1.85. The van der Waals surface area contributed by atoms with Crippen LogP contribution in [0.3, 0.4) is 0 Å². The lowest BCUT2D eigenvalue weighted by molar-refractivity contribution is -0.133. The second-order valence-electron chi connectivity index (χ2n) is 4.19. The van der Waals surface area contributed by atoms with Crippen LogP contribution in [0.25, 0.3) is 0 Å². The molecule has 3 N–H and O–H groups in total. The molecule has 0 saturated carbocycles. The highest BCUT2D eigenvalue weighted by Crippen LogP contribution is 2.11. The van der Waals surface area contributed by atoms with Crippen molar-refractivity contribution in [3.8, 4) is 0 Å². The molecule has 0 aliphatic carbocycles. The van der Waals surface area contributed by atoms with Crippen LogP contribution in [-0.2, 0) is 11.3 Å². The van der Waals surface area contributed by atoms with Crippen molar-refractivity contribution in [1.82, 2.24) is 9.88 Å². The average Bonchev–Trinajstić information content (AvgIpc) is 2.46. The monoisotopic (exact) mass is 264 g/mol. The van der Waals surface area contributed by atoms with Gasteiger partial charge in [-0.15, -0.1) is 0 Å². The van der Waals surface area contributed by atoms with E-state index < -0.39 is 5.92 Å². The van der Waals surface area contributed by atoms with Crippen LogP contribution in [0.5, 0.6) is 0 Å². The van der Waals surface area contributed by atoms with E-state index in [4.69, 9.17) is 10.9 Å². The van der Waals surface area contributed by atoms with Crippen LogP contribution >= 0.6 is 0 Å². The van der Waals surface area contributed by atoms with Crippen molar-refractivity contribution in [3.05, 3.63) is 30.1 Å². The van der Waals surface area contributed by atoms with Crippen molar-refractivity contribution in [2.24, 2.45) is 16.8 Å². The molecule has 0 radical (unpaired) electrons. The van der Waals surface area contributed by atoms with Gasteiger partial charge in [0.05, 0.1) is 5.92 Å². The first kappa shape index (κ1) is 14.9. The van der Waals surface area contributed by atoms with E-state index in [2.05, 4.69) is 10.1 Å². The lowest BCUT2D eigenvalue weighted by Crippen LogP contribution is -2.41. The van der Waals surface area contributed by atoms with Gasteiger partial charge in [-0.1, -0.05) is 12.1 Å². The van der Waals surface area contributed by atoms with Gasteiger partial charge in [-0.05, 0) is 31.0 Å². The number of carbonyl (C=O) groups is 1. The number of carbonyl (C=O) groups excluding carboxylic acids is 1. The molecule has 1 aromatic rings. The van der Waals surface area contributed by atoms with Crippen molar-refractivity contribution < 1.29 is 10.0 Å². The zero-order chi connectivity index (χ0) is 14.3. The number of amides is 1. The van der Waals surface area contributed by atoms with E-state index >= 15 is 0 Å². The highest BCUT2D eigenvalue weighted by molar-refractivity contribution is 6.01. The van der Waals surface area contributed by atoms with Gasteiger partial charge in [-0.3, -0.25) is 9.78 Å². The minimum Gasteiger partial charge on any atom is -0.409 e. The van der Waals surface area contributed by atoms with Crippen molar-refractivity contribution in [3.63, 3.8) is 0 Å². The zero-order valence-electron chi connectivity index (χ0n) is 11.3. The molecule has 6 heteroatoms. The van der Waals surface area contributed by atoms with E-state index in [1.807, 2.05) is 26.0 Å². The maximum Gasteiger partial charge on any atom is 0.233 e. The molecule has 0 bridgehead atoms. The summed E-state index contributed by atoms with van der Waals surface area (Å²) in [6.07, 6.45) is 3.88. The Morgan fingerprint density at radius 1 is 1.47 bits per heavy atom. The molecule has 0 spiro atoms. The molecule has 1 unspecified atom stereocenters. The summed E-state index contributed by atoms with van der Waals surface area (Å²) < 4.78 is 0. The predicted octanol–water partition coefficient (Wildman–Crippen LogP) is 1.20. The molecule has 104 valence electrons. The normalized spacial score (nSPS) is 13.1. The number of rotatable bonds is 6. The Bertz CT molecular complexity index is 434. The lowest BCUT2D eigenvalue weighted by atomic mass is 10.0. The zero-order valence-corrected chi connectivity index (χ0v) is 11.3. The van der Waals surface area contributed by atoms with E-state index in [0.717, 1.165) is 5.56 Å². The van der Waals surface area contributed by atoms with Crippen LogP contribution < -0.4 is 5.73 Å². The van der Waals surface area contributed by atoms with Crippen molar-refractivity contribution >= 4 is 11.7 Å². The molecule has 1 aromatic heterocycles. The molecule has 0 fully saturated rings. The minimum absolute atomic E-state index is 0.0410. The van der Waals surface area contributed by atoms with Gasteiger partial charge >= 0.3 is 0 Å². The summed E-state index contributed by atoms with van der Waals surface area (Å²) in [4.78, 5) is 18.0. The van der Waals surface area contributed by atoms with Gasteiger partial charge in [0.1, 0.15) is 0 Å². The fraction of sp³-hybridized carbons (Fsp3) is 0.462. The lowest BCUT2D eigenvalue weighted by Gasteiger charge is -2.25. The third-order valence-corrected chi connectivity index (χ3v) is 3.00. The van der Waals surface area contributed by atoms with E-state index in [1.165, 1.54) is 0 Å². The predicted molar refractivity (Wildman–Crippen MR) is 72.5 cm³/mol. The van der Waals surface area contributed by atoms with Gasteiger partial charge in [-0.2, -0.15) is 0 Å². The van der Waals surface area contributed by atoms with Crippen LogP contribution in [0.4, 0.5) is 0 Å². The topological polar surface area (TPSA) is 91.8 Å². The molecule has 19 heavy (non-hydrogen) atoms.